The lowest BCUT2D eigenvalue weighted by molar-refractivity contribution is 0.0950. The van der Waals surface area contributed by atoms with Crippen LogP contribution in [0.3, 0.4) is 0 Å². The predicted molar refractivity (Wildman–Crippen MR) is 101 cm³/mol. The highest BCUT2D eigenvalue weighted by Crippen LogP contribution is 2.34. The topological polar surface area (TPSA) is 63.4 Å². The molecule has 2 heterocycles. The molecule has 5 nitrogen and oxygen atoms in total. The van der Waals surface area contributed by atoms with Crippen LogP contribution in [-0.4, -0.2) is 23.2 Å². The molecule has 2 aromatic heterocycles. The molecule has 0 unspecified atom stereocenters. The number of nitrogens with zero attached hydrogens (tertiary/aromatic N) is 2. The third kappa shape index (κ3) is 2.82. The SMILES string of the molecule is C=CCN(C(=O)c1oc2c(c1C)C(=O)CCC2)c1nc2c(s1)CCCC2. The Labute approximate surface area is 156 Å². The zero-order chi connectivity index (χ0) is 18.3. The van der Waals surface area contributed by atoms with E-state index in [1.165, 1.54) is 11.3 Å². The van der Waals surface area contributed by atoms with Gasteiger partial charge in [0.1, 0.15) is 5.76 Å². The number of hydrogen-bond acceptors (Lipinski definition) is 5. The van der Waals surface area contributed by atoms with Crippen LogP contribution in [0.2, 0.25) is 0 Å². The van der Waals surface area contributed by atoms with Gasteiger partial charge in [-0.1, -0.05) is 6.08 Å². The molecule has 0 aromatic carbocycles. The number of carbonyl (C=O) groups is 2. The molecule has 4 rings (SSSR count). The molecule has 1 amide bonds. The first-order valence-electron chi connectivity index (χ1n) is 9.17. The Bertz CT molecular complexity index is 870. The number of ketones is 1. The number of anilines is 1. The predicted octanol–water partition coefficient (Wildman–Crippen LogP) is 4.28. The quantitative estimate of drug-likeness (QED) is 0.754. The van der Waals surface area contributed by atoms with Crippen molar-refractivity contribution in [2.24, 2.45) is 0 Å². The van der Waals surface area contributed by atoms with Crippen LogP contribution in [0.1, 0.15) is 68.5 Å². The molecule has 0 bridgehead atoms. The lowest BCUT2D eigenvalue weighted by Gasteiger charge is -2.17. The minimum Gasteiger partial charge on any atom is -0.455 e. The monoisotopic (exact) mass is 370 g/mol. The third-order valence-corrected chi connectivity index (χ3v) is 6.30. The fraction of sp³-hybridized carbons (Fsp3) is 0.450. The number of hydrogen-bond donors (Lipinski definition) is 0. The van der Waals surface area contributed by atoms with Gasteiger partial charge in [0.15, 0.2) is 16.7 Å². The minimum absolute atomic E-state index is 0.0755. The molecule has 0 atom stereocenters. The normalized spacial score (nSPS) is 16.1. The van der Waals surface area contributed by atoms with Gasteiger partial charge in [0, 0.05) is 29.8 Å². The molecule has 0 spiro atoms. The fourth-order valence-corrected chi connectivity index (χ4v) is 4.96. The first kappa shape index (κ1) is 17.2. The zero-order valence-electron chi connectivity index (χ0n) is 15.0. The maximum Gasteiger partial charge on any atom is 0.296 e. The van der Waals surface area contributed by atoms with Crippen LogP contribution < -0.4 is 4.90 Å². The van der Waals surface area contributed by atoms with Gasteiger partial charge in [-0.05, 0) is 39.0 Å². The van der Waals surface area contributed by atoms with Crippen molar-refractivity contribution >= 4 is 28.2 Å². The van der Waals surface area contributed by atoms with Crippen LogP contribution in [-0.2, 0) is 19.3 Å². The van der Waals surface area contributed by atoms with Crippen LogP contribution >= 0.6 is 11.3 Å². The van der Waals surface area contributed by atoms with Gasteiger partial charge in [0.25, 0.3) is 5.91 Å². The largest absolute Gasteiger partial charge is 0.455 e. The highest BCUT2D eigenvalue weighted by atomic mass is 32.1. The highest BCUT2D eigenvalue weighted by molar-refractivity contribution is 7.16. The van der Waals surface area contributed by atoms with Crippen molar-refractivity contribution in [3.8, 4) is 0 Å². The van der Waals surface area contributed by atoms with E-state index in [0.29, 0.717) is 41.4 Å². The molecule has 2 aliphatic rings. The van der Waals surface area contributed by atoms with E-state index in [2.05, 4.69) is 6.58 Å². The second-order valence-electron chi connectivity index (χ2n) is 6.91. The standard InChI is InChI=1S/C20H22N2O3S/c1-3-11-22(20-21-13-7-4-5-10-16(13)26-20)19(24)18-12(2)17-14(23)8-6-9-15(17)25-18/h3H,1,4-11H2,2H3. The smallest absolute Gasteiger partial charge is 0.296 e. The number of rotatable bonds is 4. The van der Waals surface area contributed by atoms with Crippen LogP contribution in [0.5, 0.6) is 0 Å². The lowest BCUT2D eigenvalue weighted by Crippen LogP contribution is -2.31. The van der Waals surface area contributed by atoms with Crippen LogP contribution in [0.15, 0.2) is 17.1 Å². The summed E-state index contributed by atoms with van der Waals surface area (Å²) < 4.78 is 5.85. The Hall–Kier alpha value is -2.21. The van der Waals surface area contributed by atoms with E-state index in [4.69, 9.17) is 9.40 Å². The van der Waals surface area contributed by atoms with Gasteiger partial charge in [-0.2, -0.15) is 0 Å². The van der Waals surface area contributed by atoms with Crippen molar-refractivity contribution in [3.63, 3.8) is 0 Å². The number of Topliss-reactive ketones (excluding diaryl/α,β-unsaturated/α-hetero) is 1. The van der Waals surface area contributed by atoms with E-state index in [-0.39, 0.29) is 17.5 Å². The number of furan rings is 1. The lowest BCUT2D eigenvalue weighted by atomic mass is 9.94. The molecular formula is C20H22N2O3S. The molecule has 0 radical (unpaired) electrons. The van der Waals surface area contributed by atoms with E-state index in [0.717, 1.165) is 31.4 Å². The van der Waals surface area contributed by atoms with Crippen molar-refractivity contribution in [1.29, 1.82) is 0 Å². The van der Waals surface area contributed by atoms with Crippen LogP contribution in [0, 0.1) is 6.92 Å². The molecule has 0 N–H and O–H groups in total. The van der Waals surface area contributed by atoms with Gasteiger partial charge in [-0.25, -0.2) is 4.98 Å². The molecule has 2 aliphatic carbocycles. The van der Waals surface area contributed by atoms with Gasteiger partial charge in [-0.15, -0.1) is 17.9 Å². The second-order valence-corrected chi connectivity index (χ2v) is 7.97. The molecule has 136 valence electrons. The van der Waals surface area contributed by atoms with E-state index in [1.54, 1.807) is 29.2 Å². The highest BCUT2D eigenvalue weighted by Gasteiger charge is 2.32. The average molecular weight is 370 g/mol. The first-order chi connectivity index (χ1) is 12.6. The van der Waals surface area contributed by atoms with Crippen molar-refractivity contribution in [1.82, 2.24) is 4.98 Å². The van der Waals surface area contributed by atoms with E-state index in [1.807, 2.05) is 0 Å². The Balaban J connectivity index is 1.71. The summed E-state index contributed by atoms with van der Waals surface area (Å²) in [6.45, 7) is 5.95. The van der Waals surface area contributed by atoms with Crippen molar-refractivity contribution in [3.05, 3.63) is 45.9 Å². The number of fused-ring (bicyclic) bond motifs is 2. The van der Waals surface area contributed by atoms with E-state index >= 15 is 0 Å². The molecule has 6 heteroatoms. The van der Waals surface area contributed by atoms with Crippen molar-refractivity contribution in [2.45, 2.75) is 51.9 Å². The molecule has 0 aliphatic heterocycles. The Morgan fingerprint density at radius 3 is 2.81 bits per heavy atom. The summed E-state index contributed by atoms with van der Waals surface area (Å²) in [5.74, 6) is 0.751. The fourth-order valence-electron chi connectivity index (χ4n) is 3.81. The van der Waals surface area contributed by atoms with E-state index < -0.39 is 0 Å². The third-order valence-electron chi connectivity index (χ3n) is 5.12. The molecule has 0 fully saturated rings. The summed E-state index contributed by atoms with van der Waals surface area (Å²) in [5, 5.41) is 0.696. The van der Waals surface area contributed by atoms with Gasteiger partial charge < -0.3 is 4.42 Å². The number of amides is 1. The second kappa shape index (κ2) is 6.83. The van der Waals surface area contributed by atoms with Crippen molar-refractivity contribution < 1.29 is 14.0 Å². The van der Waals surface area contributed by atoms with Gasteiger partial charge in [-0.3, -0.25) is 14.5 Å². The van der Waals surface area contributed by atoms with Crippen LogP contribution in [0.25, 0.3) is 0 Å². The summed E-state index contributed by atoms with van der Waals surface area (Å²) in [6, 6.07) is 0. The molecule has 2 aromatic rings. The van der Waals surface area contributed by atoms with E-state index in [9.17, 15) is 9.59 Å². The van der Waals surface area contributed by atoms with Crippen molar-refractivity contribution in [2.75, 3.05) is 11.4 Å². The number of aryl methyl sites for hydroxylation is 3. The summed E-state index contributed by atoms with van der Waals surface area (Å²) in [4.78, 5) is 33.1. The first-order valence-corrected chi connectivity index (χ1v) is 9.98. The molecule has 0 saturated carbocycles. The molecule has 0 saturated heterocycles. The van der Waals surface area contributed by atoms with Gasteiger partial charge in [0.05, 0.1) is 11.3 Å². The Kier molecular flexibility index (Phi) is 4.53. The Morgan fingerprint density at radius 1 is 1.27 bits per heavy atom. The van der Waals surface area contributed by atoms with Crippen LogP contribution in [0.4, 0.5) is 5.13 Å². The molecule has 26 heavy (non-hydrogen) atoms. The maximum atomic E-state index is 13.2. The number of aromatic nitrogens is 1. The average Bonchev–Trinajstić information content (AvgIpc) is 3.21. The summed E-state index contributed by atoms with van der Waals surface area (Å²) in [6.07, 6.45) is 8.05. The minimum atomic E-state index is -0.240. The van der Waals surface area contributed by atoms with Gasteiger partial charge in [0.2, 0.25) is 0 Å². The summed E-state index contributed by atoms with van der Waals surface area (Å²) in [7, 11) is 0. The Morgan fingerprint density at radius 2 is 2.08 bits per heavy atom. The molecular weight excluding hydrogens is 348 g/mol. The zero-order valence-corrected chi connectivity index (χ0v) is 15.8. The summed E-state index contributed by atoms with van der Waals surface area (Å²) >= 11 is 1.59. The van der Waals surface area contributed by atoms with Gasteiger partial charge >= 0.3 is 0 Å². The maximum absolute atomic E-state index is 13.2. The number of carbonyl (C=O) groups excluding carboxylic acids is 2. The summed E-state index contributed by atoms with van der Waals surface area (Å²) in [5.41, 5.74) is 2.38. The number of thiazole rings is 1.